The van der Waals surface area contributed by atoms with Crippen LogP contribution in [-0.4, -0.2) is 4.98 Å². The summed E-state index contributed by atoms with van der Waals surface area (Å²) in [5.41, 5.74) is -0.952. The van der Waals surface area contributed by atoms with Gasteiger partial charge in [-0.3, -0.25) is 0 Å². The highest BCUT2D eigenvalue weighted by Crippen LogP contribution is 2.38. The Morgan fingerprint density at radius 1 is 1.17 bits per heavy atom. The molecule has 2 rings (SSSR count). The molecule has 96 valence electrons. The molecule has 0 saturated heterocycles. The van der Waals surface area contributed by atoms with E-state index in [1.165, 1.54) is 13.0 Å². The van der Waals surface area contributed by atoms with E-state index in [1.54, 1.807) is 6.92 Å². The molecule has 0 fully saturated rings. The molecule has 0 bridgehead atoms. The smallest absolute Gasteiger partial charge is 0.243 e. The Labute approximate surface area is 105 Å². The zero-order chi connectivity index (χ0) is 13.7. The van der Waals surface area contributed by atoms with Crippen molar-refractivity contribution in [2.75, 3.05) is 0 Å². The highest BCUT2D eigenvalue weighted by Gasteiger charge is 2.36. The first-order chi connectivity index (χ1) is 8.23. The molecule has 0 amide bonds. The fourth-order valence-electron chi connectivity index (χ4n) is 1.79. The number of aryl methyl sites for hydroxylation is 1. The Balaban J connectivity index is 2.97. The molecule has 0 N–H and O–H groups in total. The molecule has 1 heterocycles. The maximum Gasteiger partial charge on any atom is 0.433 e. The molecule has 0 aliphatic rings. The summed E-state index contributed by atoms with van der Waals surface area (Å²) < 4.78 is 52.0. The largest absolute Gasteiger partial charge is 0.433 e. The van der Waals surface area contributed by atoms with Gasteiger partial charge in [-0.05, 0) is 31.0 Å². The van der Waals surface area contributed by atoms with Crippen LogP contribution in [-0.2, 0) is 6.18 Å². The summed E-state index contributed by atoms with van der Waals surface area (Å²) in [4.78, 5) is 3.52. The van der Waals surface area contributed by atoms with E-state index in [0.717, 1.165) is 6.07 Å². The Kier molecular flexibility index (Phi) is 2.97. The average molecular weight is 278 g/mol. The van der Waals surface area contributed by atoms with Crippen LogP contribution < -0.4 is 0 Å². The van der Waals surface area contributed by atoms with E-state index in [4.69, 9.17) is 11.6 Å². The number of benzene rings is 1. The van der Waals surface area contributed by atoms with Gasteiger partial charge in [0.05, 0.1) is 15.9 Å². The van der Waals surface area contributed by atoms with Crippen LogP contribution in [0.5, 0.6) is 0 Å². The summed E-state index contributed by atoms with van der Waals surface area (Å²) in [5, 5.41) is -0.310. The van der Waals surface area contributed by atoms with Gasteiger partial charge in [-0.1, -0.05) is 17.7 Å². The number of nitrogens with zero attached hydrogens (tertiary/aromatic N) is 1. The zero-order valence-electron chi connectivity index (χ0n) is 9.49. The molecule has 0 radical (unpaired) electrons. The monoisotopic (exact) mass is 277 g/mol. The van der Waals surface area contributed by atoms with Gasteiger partial charge in [-0.25, -0.2) is 9.37 Å². The van der Waals surface area contributed by atoms with Gasteiger partial charge < -0.3 is 0 Å². The van der Waals surface area contributed by atoms with Gasteiger partial charge in [0.1, 0.15) is 11.5 Å². The van der Waals surface area contributed by atoms with Gasteiger partial charge in [-0.15, -0.1) is 0 Å². The number of pyridine rings is 1. The van der Waals surface area contributed by atoms with Crippen molar-refractivity contribution in [2.24, 2.45) is 0 Å². The highest BCUT2D eigenvalue weighted by atomic mass is 35.5. The fourth-order valence-corrected chi connectivity index (χ4v) is 2.06. The molecule has 0 aliphatic carbocycles. The second kappa shape index (κ2) is 4.09. The van der Waals surface area contributed by atoms with Gasteiger partial charge in [0.2, 0.25) is 0 Å². The minimum absolute atomic E-state index is 0.0575. The van der Waals surface area contributed by atoms with E-state index >= 15 is 0 Å². The van der Waals surface area contributed by atoms with Crippen LogP contribution in [0.4, 0.5) is 17.6 Å². The quantitative estimate of drug-likeness (QED) is 0.638. The van der Waals surface area contributed by atoms with E-state index in [9.17, 15) is 17.6 Å². The molecule has 18 heavy (non-hydrogen) atoms. The second-order valence-corrected chi connectivity index (χ2v) is 4.36. The molecule has 1 aromatic carbocycles. The number of aromatic nitrogens is 1. The van der Waals surface area contributed by atoms with Crippen molar-refractivity contribution < 1.29 is 17.6 Å². The van der Waals surface area contributed by atoms with Crippen LogP contribution in [0.25, 0.3) is 10.9 Å². The average Bonchev–Trinajstić information content (AvgIpc) is 2.26. The molecule has 0 unspecified atom stereocenters. The molecule has 0 saturated carbocycles. The lowest BCUT2D eigenvalue weighted by atomic mass is 10.1. The predicted octanol–water partition coefficient (Wildman–Crippen LogP) is 4.66. The first-order valence-corrected chi connectivity index (χ1v) is 5.43. The Hall–Kier alpha value is -1.36. The maximum atomic E-state index is 13.6. The van der Waals surface area contributed by atoms with Gasteiger partial charge in [0.15, 0.2) is 0 Å². The first kappa shape index (κ1) is 13.1. The third-order valence-corrected chi connectivity index (χ3v) is 3.20. The number of fused-ring (bicyclic) bond motifs is 1. The summed E-state index contributed by atoms with van der Waals surface area (Å²) >= 11 is 5.83. The van der Waals surface area contributed by atoms with Crippen LogP contribution in [0.2, 0.25) is 5.02 Å². The van der Waals surface area contributed by atoms with Crippen molar-refractivity contribution in [3.63, 3.8) is 0 Å². The fraction of sp³-hybridized carbons (Fsp3) is 0.250. The molecular formula is C12H8ClF4N. The van der Waals surface area contributed by atoms with Crippen LogP contribution in [0, 0.1) is 19.7 Å². The van der Waals surface area contributed by atoms with E-state index in [-0.39, 0.29) is 21.5 Å². The molecule has 0 atom stereocenters. The van der Waals surface area contributed by atoms with Crippen molar-refractivity contribution in [1.29, 1.82) is 0 Å². The number of hydrogen-bond acceptors (Lipinski definition) is 1. The topological polar surface area (TPSA) is 12.9 Å². The molecule has 0 aliphatic heterocycles. The highest BCUT2D eigenvalue weighted by molar-refractivity contribution is 6.36. The van der Waals surface area contributed by atoms with E-state index in [2.05, 4.69) is 4.98 Å². The van der Waals surface area contributed by atoms with Crippen LogP contribution in [0.3, 0.4) is 0 Å². The molecule has 1 nitrogen and oxygen atoms in total. The summed E-state index contributed by atoms with van der Waals surface area (Å²) in [6.45, 7) is 2.74. The number of alkyl halides is 3. The molecule has 2 aromatic rings. The van der Waals surface area contributed by atoms with Crippen LogP contribution >= 0.6 is 11.6 Å². The van der Waals surface area contributed by atoms with Gasteiger partial charge in [0.25, 0.3) is 0 Å². The van der Waals surface area contributed by atoms with E-state index in [1.807, 2.05) is 0 Å². The SMILES string of the molecule is Cc1c(C(F)(F)F)nc2c(C)ccc(F)c2c1Cl. The van der Waals surface area contributed by atoms with Gasteiger partial charge >= 0.3 is 6.18 Å². The Morgan fingerprint density at radius 3 is 2.33 bits per heavy atom. The van der Waals surface area contributed by atoms with Crippen molar-refractivity contribution in [2.45, 2.75) is 20.0 Å². The van der Waals surface area contributed by atoms with Crippen LogP contribution in [0.1, 0.15) is 16.8 Å². The van der Waals surface area contributed by atoms with Gasteiger partial charge in [0, 0.05) is 0 Å². The Bertz CT molecular complexity index is 634. The first-order valence-electron chi connectivity index (χ1n) is 5.05. The van der Waals surface area contributed by atoms with Crippen LogP contribution in [0.15, 0.2) is 12.1 Å². The zero-order valence-corrected chi connectivity index (χ0v) is 10.2. The lowest BCUT2D eigenvalue weighted by Gasteiger charge is -2.14. The standard InChI is InChI=1S/C12H8ClF4N/c1-5-3-4-7(14)8-9(13)6(2)11(12(15,16)17)18-10(5)8/h3-4H,1-2H3. The van der Waals surface area contributed by atoms with Crippen molar-refractivity contribution in [3.05, 3.63) is 39.8 Å². The van der Waals surface area contributed by atoms with E-state index < -0.39 is 17.7 Å². The normalized spacial score (nSPS) is 12.2. The number of hydrogen-bond donors (Lipinski definition) is 0. The van der Waals surface area contributed by atoms with Crippen molar-refractivity contribution in [3.8, 4) is 0 Å². The maximum absolute atomic E-state index is 13.6. The summed E-state index contributed by atoms with van der Waals surface area (Å²) in [5.74, 6) is -0.676. The predicted molar refractivity (Wildman–Crippen MR) is 61.2 cm³/mol. The minimum Gasteiger partial charge on any atom is -0.243 e. The van der Waals surface area contributed by atoms with Crippen molar-refractivity contribution >= 4 is 22.5 Å². The minimum atomic E-state index is -4.61. The number of halogens is 5. The molecule has 0 spiro atoms. The lowest BCUT2D eigenvalue weighted by molar-refractivity contribution is -0.141. The molecule has 6 heteroatoms. The van der Waals surface area contributed by atoms with E-state index in [0.29, 0.717) is 5.56 Å². The van der Waals surface area contributed by atoms with Gasteiger partial charge in [-0.2, -0.15) is 13.2 Å². The second-order valence-electron chi connectivity index (χ2n) is 3.99. The summed E-state index contributed by atoms with van der Waals surface area (Å²) in [7, 11) is 0. The van der Waals surface area contributed by atoms with Crippen molar-refractivity contribution in [1.82, 2.24) is 4.98 Å². The number of rotatable bonds is 0. The Morgan fingerprint density at radius 2 is 1.78 bits per heavy atom. The molecule has 1 aromatic heterocycles. The summed E-state index contributed by atoms with van der Waals surface area (Å²) in [6.07, 6.45) is -4.61. The third kappa shape index (κ3) is 1.92. The molecular weight excluding hydrogens is 270 g/mol. The summed E-state index contributed by atoms with van der Waals surface area (Å²) in [6, 6.07) is 2.54. The third-order valence-electron chi connectivity index (χ3n) is 2.72. The lowest BCUT2D eigenvalue weighted by Crippen LogP contribution is -2.11.